The summed E-state index contributed by atoms with van der Waals surface area (Å²) in [5.41, 5.74) is 2.54. The van der Waals surface area contributed by atoms with E-state index in [9.17, 15) is 9.59 Å². The average Bonchev–Trinajstić information content (AvgIpc) is 2.93. The van der Waals surface area contributed by atoms with Crippen molar-refractivity contribution < 1.29 is 19.1 Å². The van der Waals surface area contributed by atoms with Gasteiger partial charge in [0, 0.05) is 16.3 Å². The van der Waals surface area contributed by atoms with Gasteiger partial charge in [-0.05, 0) is 29.8 Å². The minimum atomic E-state index is -0.504. The topological polar surface area (TPSA) is 67.9 Å². The molecule has 1 N–H and O–H groups in total. The zero-order valence-electron chi connectivity index (χ0n) is 17.1. The van der Waals surface area contributed by atoms with Gasteiger partial charge in [-0.1, -0.05) is 54.1 Å². The molecule has 0 fully saturated rings. The second kappa shape index (κ2) is 8.70. The molecule has 0 spiro atoms. The van der Waals surface area contributed by atoms with E-state index in [1.165, 1.54) is 14.2 Å². The number of carbonyl (C=O) groups excluding carboxylic acids is 2. The van der Waals surface area contributed by atoms with Crippen LogP contribution in [0.15, 0.2) is 66.7 Å². The molecule has 3 aromatic rings. The lowest BCUT2D eigenvalue weighted by molar-refractivity contribution is -0.117. The Morgan fingerprint density at radius 3 is 2.52 bits per heavy atom. The molecule has 6 nitrogen and oxygen atoms in total. The summed E-state index contributed by atoms with van der Waals surface area (Å²) in [5.74, 6) is 0.110. The number of methoxy groups -OCH3 is 2. The second-order valence-corrected chi connectivity index (χ2v) is 7.50. The van der Waals surface area contributed by atoms with Gasteiger partial charge in [-0.2, -0.15) is 0 Å². The number of carbonyl (C=O) groups is 2. The first-order valence-corrected chi connectivity index (χ1v) is 10.1. The third-order valence-corrected chi connectivity index (χ3v) is 5.45. The van der Waals surface area contributed by atoms with Crippen LogP contribution in [0, 0.1) is 0 Å². The van der Waals surface area contributed by atoms with E-state index in [2.05, 4.69) is 5.32 Å². The predicted molar refractivity (Wildman–Crippen MR) is 119 cm³/mol. The summed E-state index contributed by atoms with van der Waals surface area (Å²) in [6.45, 7) is -0.134. The van der Waals surface area contributed by atoms with Crippen LogP contribution in [0.3, 0.4) is 0 Å². The molecular weight excluding hydrogens is 416 g/mol. The monoisotopic (exact) mass is 436 g/mol. The van der Waals surface area contributed by atoms with Gasteiger partial charge in [-0.25, -0.2) is 0 Å². The van der Waals surface area contributed by atoms with Gasteiger partial charge in [0.2, 0.25) is 5.91 Å². The number of ether oxygens (including phenoxy) is 2. The zero-order chi connectivity index (χ0) is 22.0. The number of rotatable bonds is 4. The quantitative estimate of drug-likeness (QED) is 0.652. The van der Waals surface area contributed by atoms with Crippen molar-refractivity contribution in [2.75, 3.05) is 26.1 Å². The molecule has 1 unspecified atom stereocenters. The maximum Gasteiger partial charge on any atom is 0.259 e. The maximum absolute atomic E-state index is 13.8. The molecule has 1 heterocycles. The standard InChI is InChI=1S/C24H21ClN2O4/c1-30-20-10-6-9-18(23(20)31-2)24(29)27-14-21(28)26-19-13-16(25)11-12-17(19)22(27)15-7-4-3-5-8-15/h3-13,22H,14H2,1-2H3,(H,26,28). The number of nitrogens with one attached hydrogen (secondary N) is 1. The van der Waals surface area contributed by atoms with E-state index >= 15 is 0 Å². The third kappa shape index (κ3) is 3.94. The lowest BCUT2D eigenvalue weighted by atomic mass is 9.95. The molecule has 4 rings (SSSR count). The number of fused-ring (bicyclic) bond motifs is 1. The van der Waals surface area contributed by atoms with Crippen LogP contribution in [0.5, 0.6) is 11.5 Å². The molecule has 3 aromatic carbocycles. The SMILES string of the molecule is COc1cccc(C(=O)N2CC(=O)Nc3cc(Cl)ccc3C2c2ccccc2)c1OC. The van der Waals surface area contributed by atoms with Crippen molar-refractivity contribution >= 4 is 29.1 Å². The number of anilines is 1. The lowest BCUT2D eigenvalue weighted by Crippen LogP contribution is -2.39. The van der Waals surface area contributed by atoms with E-state index in [1.807, 2.05) is 36.4 Å². The molecule has 0 saturated carbocycles. The molecule has 1 atom stereocenters. The van der Waals surface area contributed by atoms with Gasteiger partial charge in [-0.15, -0.1) is 0 Å². The molecule has 0 aliphatic carbocycles. The molecule has 31 heavy (non-hydrogen) atoms. The van der Waals surface area contributed by atoms with Crippen molar-refractivity contribution in [1.29, 1.82) is 0 Å². The number of hydrogen-bond acceptors (Lipinski definition) is 4. The summed E-state index contributed by atoms with van der Waals surface area (Å²) in [7, 11) is 2.99. The Morgan fingerprint density at radius 1 is 1.03 bits per heavy atom. The van der Waals surface area contributed by atoms with Crippen LogP contribution in [0.25, 0.3) is 0 Å². The normalized spacial score (nSPS) is 15.5. The van der Waals surface area contributed by atoms with E-state index in [0.29, 0.717) is 27.8 Å². The number of nitrogens with zero attached hydrogens (tertiary/aromatic N) is 1. The molecule has 0 aromatic heterocycles. The van der Waals surface area contributed by atoms with Gasteiger partial charge < -0.3 is 19.7 Å². The van der Waals surface area contributed by atoms with Crippen LogP contribution in [0.1, 0.15) is 27.5 Å². The van der Waals surface area contributed by atoms with E-state index in [1.54, 1.807) is 35.2 Å². The van der Waals surface area contributed by atoms with Crippen molar-refractivity contribution in [3.63, 3.8) is 0 Å². The summed E-state index contributed by atoms with van der Waals surface area (Å²) in [5, 5.41) is 3.38. The largest absolute Gasteiger partial charge is 0.493 e. The Kier molecular flexibility index (Phi) is 5.82. The minimum Gasteiger partial charge on any atom is -0.493 e. The summed E-state index contributed by atoms with van der Waals surface area (Å²) < 4.78 is 10.8. The molecule has 0 radical (unpaired) electrons. The van der Waals surface area contributed by atoms with Crippen LogP contribution >= 0.6 is 11.6 Å². The highest BCUT2D eigenvalue weighted by atomic mass is 35.5. The Balaban J connectivity index is 1.90. The van der Waals surface area contributed by atoms with Gasteiger partial charge in [-0.3, -0.25) is 9.59 Å². The molecule has 2 amide bonds. The molecule has 158 valence electrons. The number of halogens is 1. The smallest absolute Gasteiger partial charge is 0.259 e. The van der Waals surface area contributed by atoms with Crippen LogP contribution in [0.4, 0.5) is 5.69 Å². The maximum atomic E-state index is 13.8. The van der Waals surface area contributed by atoms with E-state index < -0.39 is 6.04 Å². The van der Waals surface area contributed by atoms with Crippen molar-refractivity contribution in [1.82, 2.24) is 4.90 Å². The first-order valence-electron chi connectivity index (χ1n) is 9.69. The summed E-state index contributed by atoms with van der Waals surface area (Å²) in [6.07, 6.45) is 0. The molecular formula is C24H21ClN2O4. The second-order valence-electron chi connectivity index (χ2n) is 7.07. The highest BCUT2D eigenvalue weighted by Crippen LogP contribution is 2.39. The van der Waals surface area contributed by atoms with Gasteiger partial charge in [0.25, 0.3) is 5.91 Å². The Morgan fingerprint density at radius 2 is 1.81 bits per heavy atom. The Labute approximate surface area is 185 Å². The number of para-hydroxylation sites is 1. The Hall–Kier alpha value is -3.51. The number of hydrogen-bond donors (Lipinski definition) is 1. The first-order chi connectivity index (χ1) is 15.0. The first kappa shape index (κ1) is 20.8. The lowest BCUT2D eigenvalue weighted by Gasteiger charge is -2.31. The van der Waals surface area contributed by atoms with Crippen molar-refractivity contribution in [3.05, 3.63) is 88.4 Å². The molecule has 0 bridgehead atoms. The summed E-state index contributed by atoms with van der Waals surface area (Å²) in [4.78, 5) is 28.1. The zero-order valence-corrected chi connectivity index (χ0v) is 17.8. The van der Waals surface area contributed by atoms with Gasteiger partial charge in [0.15, 0.2) is 11.5 Å². The highest BCUT2D eigenvalue weighted by Gasteiger charge is 2.35. The summed E-state index contributed by atoms with van der Waals surface area (Å²) >= 11 is 6.18. The average molecular weight is 437 g/mol. The van der Waals surface area contributed by atoms with Crippen molar-refractivity contribution in [2.45, 2.75) is 6.04 Å². The van der Waals surface area contributed by atoms with Crippen LogP contribution in [-0.4, -0.2) is 37.5 Å². The third-order valence-electron chi connectivity index (χ3n) is 5.22. The van der Waals surface area contributed by atoms with Crippen molar-refractivity contribution in [2.24, 2.45) is 0 Å². The Bertz CT molecular complexity index is 1130. The fourth-order valence-corrected chi connectivity index (χ4v) is 4.05. The molecule has 1 aliphatic rings. The van der Waals surface area contributed by atoms with Crippen LogP contribution in [0.2, 0.25) is 5.02 Å². The summed E-state index contributed by atoms with van der Waals surface area (Å²) in [6, 6.07) is 19.5. The number of amides is 2. The van der Waals surface area contributed by atoms with E-state index in [-0.39, 0.29) is 18.4 Å². The van der Waals surface area contributed by atoms with Crippen LogP contribution in [-0.2, 0) is 4.79 Å². The van der Waals surface area contributed by atoms with E-state index in [4.69, 9.17) is 21.1 Å². The van der Waals surface area contributed by atoms with Crippen molar-refractivity contribution in [3.8, 4) is 11.5 Å². The van der Waals surface area contributed by atoms with Gasteiger partial charge in [0.1, 0.15) is 6.54 Å². The molecule has 0 saturated heterocycles. The predicted octanol–water partition coefficient (Wildman–Crippen LogP) is 4.54. The van der Waals surface area contributed by atoms with Gasteiger partial charge in [0.05, 0.1) is 25.8 Å². The fraction of sp³-hybridized carbons (Fsp3) is 0.167. The van der Waals surface area contributed by atoms with Gasteiger partial charge >= 0.3 is 0 Å². The number of benzene rings is 3. The fourth-order valence-electron chi connectivity index (χ4n) is 3.87. The molecule has 1 aliphatic heterocycles. The van der Waals surface area contributed by atoms with E-state index in [0.717, 1.165) is 11.1 Å². The highest BCUT2D eigenvalue weighted by molar-refractivity contribution is 6.31. The minimum absolute atomic E-state index is 0.134. The van der Waals surface area contributed by atoms with Crippen LogP contribution < -0.4 is 14.8 Å². The molecule has 7 heteroatoms.